The van der Waals surface area contributed by atoms with Crippen LogP contribution in [0.2, 0.25) is 0 Å². The number of H-pyrrole nitrogens is 1. The van der Waals surface area contributed by atoms with E-state index >= 15 is 0 Å². The number of aromatic amines is 1. The number of phenols is 1. The average Bonchev–Trinajstić information content (AvgIpc) is 3.20. The Morgan fingerprint density at radius 1 is 1.17 bits per heavy atom. The summed E-state index contributed by atoms with van der Waals surface area (Å²) in [6.45, 7) is 1.01. The molecule has 0 saturated heterocycles. The summed E-state index contributed by atoms with van der Waals surface area (Å²) in [5.74, 6) is -1.36. The van der Waals surface area contributed by atoms with E-state index < -0.39 is 23.9 Å². The number of imidazole rings is 1. The van der Waals surface area contributed by atoms with Crippen molar-refractivity contribution in [1.82, 2.24) is 25.9 Å². The molecule has 0 aliphatic rings. The summed E-state index contributed by atoms with van der Waals surface area (Å²) in [6, 6.07) is 4.48. The zero-order valence-corrected chi connectivity index (χ0v) is 15.8. The highest BCUT2D eigenvalue weighted by molar-refractivity contribution is 5.91. The van der Waals surface area contributed by atoms with Gasteiger partial charge < -0.3 is 30.8 Å². The topological polar surface area (TPSA) is 153 Å². The molecule has 0 saturated carbocycles. The van der Waals surface area contributed by atoms with Crippen molar-refractivity contribution >= 4 is 24.0 Å². The largest absolute Gasteiger partial charge is 0.508 e. The van der Waals surface area contributed by atoms with Crippen LogP contribution in [0, 0.1) is 0 Å². The molecule has 29 heavy (non-hydrogen) atoms. The van der Waals surface area contributed by atoms with Crippen LogP contribution in [0.4, 0.5) is 0 Å². The van der Waals surface area contributed by atoms with Crippen molar-refractivity contribution in [2.24, 2.45) is 0 Å². The fourth-order valence-electron chi connectivity index (χ4n) is 2.58. The number of carbonyl (C=O) groups is 4. The number of aldehydes is 1. The number of hydrogen-bond donors (Lipinski definition) is 5. The van der Waals surface area contributed by atoms with E-state index in [2.05, 4.69) is 25.9 Å². The van der Waals surface area contributed by atoms with Crippen LogP contribution in [0.25, 0.3) is 0 Å². The van der Waals surface area contributed by atoms with Gasteiger partial charge in [0.1, 0.15) is 18.1 Å². The average molecular weight is 401 g/mol. The fourth-order valence-corrected chi connectivity index (χ4v) is 2.58. The van der Waals surface area contributed by atoms with Crippen LogP contribution in [0.3, 0.4) is 0 Å². The molecule has 0 radical (unpaired) electrons. The third kappa shape index (κ3) is 7.45. The monoisotopic (exact) mass is 401 g/mol. The van der Waals surface area contributed by atoms with Crippen LogP contribution in [0.5, 0.6) is 5.75 Å². The number of aromatic hydroxyl groups is 1. The van der Waals surface area contributed by atoms with Gasteiger partial charge in [0, 0.05) is 25.2 Å². The van der Waals surface area contributed by atoms with Gasteiger partial charge in [-0.05, 0) is 24.1 Å². The van der Waals surface area contributed by atoms with E-state index in [1.54, 1.807) is 12.1 Å². The lowest BCUT2D eigenvalue weighted by Crippen LogP contribution is -2.53. The van der Waals surface area contributed by atoms with Crippen molar-refractivity contribution in [2.75, 3.05) is 6.54 Å². The Morgan fingerprint density at radius 2 is 1.90 bits per heavy atom. The standard InChI is InChI=1S/C19H23N5O5/c1-12(26)21-9-18(28)24-17(7-14-8-20-11-22-14)19(29)23-15(10-25)6-13-2-4-16(27)5-3-13/h2-5,8,10-11,15,17,27H,6-7,9H2,1H3,(H,20,22)(H,21,26)(H,23,29)(H,24,28)/t15-,17-/m0/s1. The first-order chi connectivity index (χ1) is 13.9. The first-order valence-corrected chi connectivity index (χ1v) is 8.92. The number of carbonyl (C=O) groups excluding carboxylic acids is 4. The highest BCUT2D eigenvalue weighted by Crippen LogP contribution is 2.11. The lowest BCUT2D eigenvalue weighted by atomic mass is 10.1. The molecule has 0 fully saturated rings. The normalized spacial score (nSPS) is 12.4. The van der Waals surface area contributed by atoms with Gasteiger partial charge in [-0.25, -0.2) is 4.98 Å². The van der Waals surface area contributed by atoms with Gasteiger partial charge in [-0.15, -0.1) is 0 Å². The minimum Gasteiger partial charge on any atom is -0.508 e. The minimum absolute atomic E-state index is 0.0990. The van der Waals surface area contributed by atoms with Crippen LogP contribution in [-0.2, 0) is 32.0 Å². The molecule has 0 bridgehead atoms. The van der Waals surface area contributed by atoms with Gasteiger partial charge in [0.05, 0.1) is 18.9 Å². The summed E-state index contributed by atoms with van der Waals surface area (Å²) in [5.41, 5.74) is 1.37. The van der Waals surface area contributed by atoms with Crippen molar-refractivity contribution in [1.29, 1.82) is 0 Å². The van der Waals surface area contributed by atoms with Gasteiger partial charge in [0.15, 0.2) is 0 Å². The van der Waals surface area contributed by atoms with Gasteiger partial charge in [-0.3, -0.25) is 14.4 Å². The number of phenolic OH excluding ortho intramolecular Hbond substituents is 1. The molecule has 5 N–H and O–H groups in total. The molecule has 2 aromatic rings. The Kier molecular flexibility index (Phi) is 7.89. The summed E-state index contributed by atoms with van der Waals surface area (Å²) in [7, 11) is 0. The number of rotatable bonds is 10. The molecule has 0 unspecified atom stereocenters. The van der Waals surface area contributed by atoms with Gasteiger partial charge in [0.2, 0.25) is 17.7 Å². The second-order valence-corrected chi connectivity index (χ2v) is 6.43. The second-order valence-electron chi connectivity index (χ2n) is 6.43. The number of benzene rings is 1. The van der Waals surface area contributed by atoms with Crippen LogP contribution < -0.4 is 16.0 Å². The van der Waals surface area contributed by atoms with Gasteiger partial charge in [0.25, 0.3) is 0 Å². The van der Waals surface area contributed by atoms with E-state index in [0.29, 0.717) is 12.0 Å². The summed E-state index contributed by atoms with van der Waals surface area (Å²) in [6.07, 6.45) is 3.93. The maximum Gasteiger partial charge on any atom is 0.243 e. The van der Waals surface area contributed by atoms with E-state index in [-0.39, 0.29) is 31.0 Å². The van der Waals surface area contributed by atoms with E-state index in [4.69, 9.17) is 0 Å². The molecule has 10 heteroatoms. The Balaban J connectivity index is 2.03. The second kappa shape index (κ2) is 10.6. The van der Waals surface area contributed by atoms with Gasteiger partial charge >= 0.3 is 0 Å². The summed E-state index contributed by atoms with van der Waals surface area (Å²) in [5, 5.41) is 16.9. The lowest BCUT2D eigenvalue weighted by molar-refractivity contribution is -0.130. The first-order valence-electron chi connectivity index (χ1n) is 8.92. The van der Waals surface area contributed by atoms with Crippen molar-refractivity contribution in [2.45, 2.75) is 31.8 Å². The number of nitrogens with zero attached hydrogens (tertiary/aromatic N) is 1. The number of aromatic nitrogens is 2. The molecule has 3 amide bonds. The third-order valence-electron chi connectivity index (χ3n) is 4.01. The van der Waals surface area contributed by atoms with Crippen molar-refractivity contribution in [3.8, 4) is 5.75 Å². The minimum atomic E-state index is -0.973. The van der Waals surface area contributed by atoms with E-state index in [1.807, 2.05) is 0 Å². The predicted molar refractivity (Wildman–Crippen MR) is 103 cm³/mol. The first kappa shape index (κ1) is 21.6. The predicted octanol–water partition coefficient (Wildman–Crippen LogP) is -0.795. The van der Waals surface area contributed by atoms with Gasteiger partial charge in [-0.2, -0.15) is 0 Å². The highest BCUT2D eigenvalue weighted by Gasteiger charge is 2.24. The number of amides is 3. The van der Waals surface area contributed by atoms with E-state index in [1.165, 1.54) is 31.6 Å². The number of nitrogens with one attached hydrogen (secondary N) is 4. The Labute approximate surface area is 167 Å². The number of hydrogen-bond acceptors (Lipinski definition) is 6. The smallest absolute Gasteiger partial charge is 0.243 e. The zero-order chi connectivity index (χ0) is 21.2. The molecule has 154 valence electrons. The molecule has 0 aliphatic carbocycles. The maximum atomic E-state index is 12.7. The summed E-state index contributed by atoms with van der Waals surface area (Å²) < 4.78 is 0. The molecule has 1 heterocycles. The highest BCUT2D eigenvalue weighted by atomic mass is 16.3. The van der Waals surface area contributed by atoms with Crippen LogP contribution in [0.1, 0.15) is 18.2 Å². The zero-order valence-electron chi connectivity index (χ0n) is 15.8. The SMILES string of the molecule is CC(=O)NCC(=O)N[C@@H](Cc1cnc[nH]1)C(=O)N[C@H](C=O)Cc1ccc(O)cc1. The quantitative estimate of drug-likeness (QED) is 0.329. The van der Waals surface area contributed by atoms with Gasteiger partial charge in [-0.1, -0.05) is 12.1 Å². The molecule has 10 nitrogen and oxygen atoms in total. The fraction of sp³-hybridized carbons (Fsp3) is 0.316. The van der Waals surface area contributed by atoms with E-state index in [9.17, 15) is 24.3 Å². The molecule has 2 atom stereocenters. The maximum absolute atomic E-state index is 12.7. The lowest BCUT2D eigenvalue weighted by Gasteiger charge is -2.21. The summed E-state index contributed by atoms with van der Waals surface area (Å²) in [4.78, 5) is 53.9. The molecule has 1 aromatic carbocycles. The molecule has 0 aliphatic heterocycles. The Hall–Kier alpha value is -3.69. The third-order valence-corrected chi connectivity index (χ3v) is 4.01. The Morgan fingerprint density at radius 3 is 2.48 bits per heavy atom. The van der Waals surface area contributed by atoms with Crippen LogP contribution >= 0.6 is 0 Å². The van der Waals surface area contributed by atoms with Crippen molar-refractivity contribution < 1.29 is 24.3 Å². The van der Waals surface area contributed by atoms with Crippen molar-refractivity contribution in [3.63, 3.8) is 0 Å². The molecule has 1 aromatic heterocycles. The van der Waals surface area contributed by atoms with Crippen LogP contribution in [-0.4, -0.2) is 57.7 Å². The molecular weight excluding hydrogens is 378 g/mol. The molecular formula is C19H23N5O5. The Bertz CT molecular complexity index is 835. The summed E-state index contributed by atoms with van der Waals surface area (Å²) >= 11 is 0. The van der Waals surface area contributed by atoms with E-state index in [0.717, 1.165) is 5.56 Å². The molecule has 0 spiro atoms. The van der Waals surface area contributed by atoms with Crippen molar-refractivity contribution in [3.05, 3.63) is 48.0 Å². The van der Waals surface area contributed by atoms with Crippen LogP contribution in [0.15, 0.2) is 36.8 Å². The molecule has 2 rings (SSSR count).